The minimum atomic E-state index is -2.72. The Balaban J connectivity index is 1.88. The molecule has 10 heteroatoms. The third-order valence-corrected chi connectivity index (χ3v) is 5.48. The minimum Gasteiger partial charge on any atom is -0.365 e. The van der Waals surface area contributed by atoms with E-state index < -0.39 is 18.2 Å². The molecule has 0 aliphatic heterocycles. The van der Waals surface area contributed by atoms with Crippen LogP contribution in [0.1, 0.15) is 56.5 Å². The lowest BCUT2D eigenvalue weighted by atomic mass is 10.0. The van der Waals surface area contributed by atoms with Gasteiger partial charge in [-0.05, 0) is 30.4 Å². The van der Waals surface area contributed by atoms with Crippen molar-refractivity contribution in [2.75, 3.05) is 5.32 Å². The number of anilines is 1. The van der Waals surface area contributed by atoms with E-state index >= 15 is 0 Å². The monoisotopic (exact) mass is 391 g/mol. The normalized spacial score (nSPS) is 14.1. The van der Waals surface area contributed by atoms with Crippen LogP contribution >= 0.6 is 11.3 Å². The smallest absolute Gasteiger partial charge is 0.280 e. The zero-order valence-corrected chi connectivity index (χ0v) is 15.0. The highest BCUT2D eigenvalue weighted by molar-refractivity contribution is 7.21. The van der Waals surface area contributed by atoms with Crippen molar-refractivity contribution in [3.8, 4) is 0 Å². The molecule has 1 aliphatic carbocycles. The second-order valence-corrected chi connectivity index (χ2v) is 7.42. The maximum Gasteiger partial charge on any atom is 0.280 e. The van der Waals surface area contributed by atoms with Crippen LogP contribution in [-0.4, -0.2) is 26.6 Å². The van der Waals surface area contributed by atoms with Crippen molar-refractivity contribution in [2.24, 2.45) is 12.8 Å². The van der Waals surface area contributed by atoms with Crippen LogP contribution in [0.4, 0.5) is 14.5 Å². The predicted molar refractivity (Wildman–Crippen MR) is 96.2 cm³/mol. The van der Waals surface area contributed by atoms with Crippen molar-refractivity contribution in [2.45, 2.75) is 25.2 Å². The Bertz CT molecular complexity index is 1070. The first-order valence-electron chi connectivity index (χ1n) is 8.20. The predicted octanol–water partition coefficient (Wildman–Crippen LogP) is 3.20. The van der Waals surface area contributed by atoms with E-state index in [0.29, 0.717) is 16.5 Å². The van der Waals surface area contributed by atoms with Crippen molar-refractivity contribution < 1.29 is 18.4 Å². The summed E-state index contributed by atoms with van der Waals surface area (Å²) in [6, 6.07) is 1.36. The molecule has 0 saturated heterocycles. The lowest BCUT2D eigenvalue weighted by Crippen LogP contribution is -2.16. The van der Waals surface area contributed by atoms with E-state index in [0.717, 1.165) is 24.2 Å². The number of hydrogen-bond acceptors (Lipinski definition) is 5. The molecule has 27 heavy (non-hydrogen) atoms. The second kappa shape index (κ2) is 6.38. The maximum absolute atomic E-state index is 13.2. The molecule has 3 aromatic rings. The molecule has 2 amide bonds. The van der Waals surface area contributed by atoms with E-state index in [4.69, 9.17) is 5.73 Å². The molecule has 0 atom stereocenters. The Morgan fingerprint density at radius 1 is 1.41 bits per heavy atom. The van der Waals surface area contributed by atoms with Crippen molar-refractivity contribution in [1.82, 2.24) is 14.8 Å². The number of carbonyl (C=O) groups excluding carboxylic acids is 2. The molecule has 0 bridgehead atoms. The molecule has 0 radical (unpaired) electrons. The Morgan fingerprint density at radius 3 is 2.70 bits per heavy atom. The third kappa shape index (κ3) is 3.16. The molecule has 0 unspecified atom stereocenters. The molecule has 3 N–H and O–H groups in total. The number of aromatic nitrogens is 3. The number of primary amides is 1. The van der Waals surface area contributed by atoms with Crippen molar-refractivity contribution in [3.05, 3.63) is 40.2 Å². The molecular weight excluding hydrogens is 376 g/mol. The van der Waals surface area contributed by atoms with Gasteiger partial charge < -0.3 is 11.1 Å². The van der Waals surface area contributed by atoms with Gasteiger partial charge in [-0.1, -0.05) is 0 Å². The van der Waals surface area contributed by atoms with E-state index in [1.54, 1.807) is 7.05 Å². The maximum atomic E-state index is 13.2. The Morgan fingerprint density at radius 2 is 2.15 bits per heavy atom. The number of thiophene rings is 1. The molecule has 3 aromatic heterocycles. The van der Waals surface area contributed by atoms with Gasteiger partial charge in [0.25, 0.3) is 18.2 Å². The van der Waals surface area contributed by atoms with Crippen molar-refractivity contribution in [3.63, 3.8) is 0 Å². The fourth-order valence-electron chi connectivity index (χ4n) is 2.99. The van der Waals surface area contributed by atoms with Gasteiger partial charge in [0.1, 0.15) is 15.4 Å². The van der Waals surface area contributed by atoms with Gasteiger partial charge in [0.15, 0.2) is 0 Å². The number of nitrogens with two attached hydrogens (primary N) is 1. The topological polar surface area (TPSA) is 103 Å². The Hall–Kier alpha value is -2.88. The van der Waals surface area contributed by atoms with E-state index in [2.05, 4.69) is 15.4 Å². The molecule has 1 fully saturated rings. The van der Waals surface area contributed by atoms with E-state index in [1.165, 1.54) is 23.1 Å². The van der Waals surface area contributed by atoms with Gasteiger partial charge in [-0.25, -0.2) is 13.8 Å². The summed E-state index contributed by atoms with van der Waals surface area (Å²) in [5, 5.41) is 7.16. The molecule has 1 aliphatic rings. The largest absolute Gasteiger partial charge is 0.365 e. The molecular formula is C17H15F2N5O2S. The van der Waals surface area contributed by atoms with Crippen LogP contribution in [0.2, 0.25) is 0 Å². The van der Waals surface area contributed by atoms with Crippen LogP contribution in [0, 0.1) is 0 Å². The van der Waals surface area contributed by atoms with Gasteiger partial charge in [0, 0.05) is 18.6 Å². The first-order valence-corrected chi connectivity index (χ1v) is 9.02. The number of alkyl halides is 2. The van der Waals surface area contributed by atoms with Crippen LogP contribution < -0.4 is 11.1 Å². The number of aryl methyl sites for hydroxylation is 1. The number of pyridine rings is 1. The lowest BCUT2D eigenvalue weighted by Gasteiger charge is -2.09. The van der Waals surface area contributed by atoms with Crippen molar-refractivity contribution >= 4 is 39.1 Å². The fourth-order valence-corrected chi connectivity index (χ4v) is 4.01. The van der Waals surface area contributed by atoms with E-state index in [9.17, 15) is 18.4 Å². The lowest BCUT2D eigenvalue weighted by molar-refractivity contribution is 0.100. The summed E-state index contributed by atoms with van der Waals surface area (Å²) in [6.45, 7) is 0. The number of fused-ring (bicyclic) bond motifs is 1. The van der Waals surface area contributed by atoms with Crippen LogP contribution in [0.5, 0.6) is 0 Å². The summed E-state index contributed by atoms with van der Waals surface area (Å²) in [7, 11) is 1.67. The molecule has 4 rings (SSSR count). The van der Waals surface area contributed by atoms with Crippen LogP contribution in [0.25, 0.3) is 10.2 Å². The highest BCUT2D eigenvalue weighted by atomic mass is 32.1. The third-order valence-electron chi connectivity index (χ3n) is 4.38. The molecule has 3 heterocycles. The second-order valence-electron chi connectivity index (χ2n) is 6.42. The van der Waals surface area contributed by atoms with Crippen LogP contribution in [0.15, 0.2) is 18.5 Å². The van der Waals surface area contributed by atoms with Gasteiger partial charge >= 0.3 is 0 Å². The highest BCUT2D eigenvalue weighted by Gasteiger charge is 2.31. The number of nitrogens with zero attached hydrogens (tertiary/aromatic N) is 3. The van der Waals surface area contributed by atoms with E-state index in [-0.39, 0.29) is 27.0 Å². The highest BCUT2D eigenvalue weighted by Crippen LogP contribution is 2.48. The average molecular weight is 391 g/mol. The minimum absolute atomic E-state index is 0.0862. The zero-order chi connectivity index (χ0) is 19.3. The summed E-state index contributed by atoms with van der Waals surface area (Å²) in [6.07, 6.45) is 1.92. The average Bonchev–Trinajstić information content (AvgIpc) is 3.27. The number of nitrogens with one attached hydrogen (secondary N) is 1. The number of carbonyl (C=O) groups is 2. The quantitative estimate of drug-likeness (QED) is 0.697. The summed E-state index contributed by atoms with van der Waals surface area (Å²) >= 11 is 0.911. The van der Waals surface area contributed by atoms with Gasteiger partial charge in [0.05, 0.1) is 17.4 Å². The van der Waals surface area contributed by atoms with Crippen LogP contribution in [0.3, 0.4) is 0 Å². The number of amides is 2. The number of halogens is 2. The summed E-state index contributed by atoms with van der Waals surface area (Å²) < 4.78 is 27.9. The summed E-state index contributed by atoms with van der Waals surface area (Å²) in [4.78, 5) is 28.8. The van der Waals surface area contributed by atoms with E-state index in [1.807, 2.05) is 0 Å². The number of hydrogen-bond donors (Lipinski definition) is 2. The SMILES string of the molecule is Cn1cc(C(=O)Nc2c(C(N)=O)sc3nc(C(F)F)cc(C4CC4)c23)cn1. The fraction of sp³-hybridized carbons (Fsp3) is 0.294. The first-order chi connectivity index (χ1) is 12.8. The summed E-state index contributed by atoms with van der Waals surface area (Å²) in [5.74, 6) is -1.11. The van der Waals surface area contributed by atoms with Crippen LogP contribution in [-0.2, 0) is 7.05 Å². The molecule has 0 spiro atoms. The van der Waals surface area contributed by atoms with Gasteiger partial charge in [-0.2, -0.15) is 5.10 Å². The standard InChI is InChI=1S/C17H15F2N5O2S/c1-24-6-8(5-21-24)16(26)23-12-11-9(7-2-3-7)4-10(14(18)19)22-17(11)27-13(12)15(20)25/h4-7,14H,2-3H2,1H3,(H2,20,25)(H,23,26). The van der Waals surface area contributed by atoms with Gasteiger partial charge in [0.2, 0.25) is 0 Å². The van der Waals surface area contributed by atoms with Crippen molar-refractivity contribution in [1.29, 1.82) is 0 Å². The summed E-state index contributed by atoms with van der Waals surface area (Å²) in [5.41, 5.74) is 6.32. The van der Waals surface area contributed by atoms with Gasteiger partial charge in [-0.15, -0.1) is 11.3 Å². The molecule has 7 nitrogen and oxygen atoms in total. The molecule has 1 saturated carbocycles. The molecule has 140 valence electrons. The Labute approximate surface area is 156 Å². The zero-order valence-electron chi connectivity index (χ0n) is 14.2. The number of rotatable bonds is 5. The van der Waals surface area contributed by atoms with Gasteiger partial charge in [-0.3, -0.25) is 14.3 Å². The Kier molecular flexibility index (Phi) is 4.14. The first kappa shape index (κ1) is 17.5. The molecule has 0 aromatic carbocycles.